The lowest BCUT2D eigenvalue weighted by molar-refractivity contribution is -0.113. The molecule has 0 spiro atoms. The van der Waals surface area contributed by atoms with E-state index in [-0.39, 0.29) is 17.4 Å². The number of nitrogens with two attached hydrogens (primary N) is 1. The number of amides is 1. The van der Waals surface area contributed by atoms with Gasteiger partial charge in [0.15, 0.2) is 5.82 Å². The summed E-state index contributed by atoms with van der Waals surface area (Å²) >= 11 is 2.69. The lowest BCUT2D eigenvalue weighted by Crippen LogP contribution is -2.16. The third-order valence-corrected chi connectivity index (χ3v) is 6.11. The van der Waals surface area contributed by atoms with Crippen LogP contribution in [0.2, 0.25) is 0 Å². The average Bonchev–Trinajstić information content (AvgIpc) is 3.38. The molecule has 0 saturated heterocycles. The van der Waals surface area contributed by atoms with Crippen LogP contribution in [0.3, 0.4) is 0 Å². The molecule has 0 fully saturated rings. The number of thiazole rings is 1. The van der Waals surface area contributed by atoms with E-state index in [2.05, 4.69) is 25.2 Å². The molecule has 4 rings (SSSR count). The molecule has 0 atom stereocenters. The Morgan fingerprint density at radius 3 is 2.70 bits per heavy atom. The fourth-order valence-electron chi connectivity index (χ4n) is 2.94. The van der Waals surface area contributed by atoms with E-state index in [1.807, 2.05) is 30.5 Å². The summed E-state index contributed by atoms with van der Waals surface area (Å²) in [6.45, 7) is -0.961. The number of thioether (sulfide) groups is 1. The van der Waals surface area contributed by atoms with E-state index in [4.69, 9.17) is 5.84 Å². The summed E-state index contributed by atoms with van der Waals surface area (Å²) in [6, 6.07) is 13.3. The Bertz CT molecular complexity index is 1260. The number of benzene rings is 2. The Morgan fingerprint density at radius 1 is 1.21 bits per heavy atom. The van der Waals surface area contributed by atoms with Crippen LogP contribution in [-0.2, 0) is 4.79 Å². The maximum Gasteiger partial charge on any atom is 0.387 e. The summed E-state index contributed by atoms with van der Waals surface area (Å²) < 4.78 is 30.2. The molecule has 0 aliphatic rings. The van der Waals surface area contributed by atoms with Crippen molar-refractivity contribution in [3.63, 3.8) is 0 Å². The molecule has 0 aliphatic carbocycles. The van der Waals surface area contributed by atoms with Crippen molar-refractivity contribution in [3.05, 3.63) is 58.9 Å². The van der Waals surface area contributed by atoms with Crippen molar-refractivity contribution in [2.24, 2.45) is 0 Å². The third kappa shape index (κ3) is 5.65. The van der Waals surface area contributed by atoms with Crippen molar-refractivity contribution in [2.75, 3.05) is 16.9 Å². The molecule has 2 aromatic carbocycles. The predicted molar refractivity (Wildman–Crippen MR) is 124 cm³/mol. The molecule has 0 unspecified atom stereocenters. The highest BCUT2D eigenvalue weighted by molar-refractivity contribution is 7.99. The van der Waals surface area contributed by atoms with Gasteiger partial charge in [-0.05, 0) is 43.3 Å². The van der Waals surface area contributed by atoms with Crippen molar-refractivity contribution in [1.29, 1.82) is 0 Å². The highest BCUT2D eigenvalue weighted by Gasteiger charge is 2.15. The van der Waals surface area contributed by atoms with E-state index in [0.717, 1.165) is 28.0 Å². The second-order valence-electron chi connectivity index (χ2n) is 6.75. The van der Waals surface area contributed by atoms with Crippen LogP contribution in [0.1, 0.15) is 5.01 Å². The number of anilines is 1. The van der Waals surface area contributed by atoms with E-state index in [1.165, 1.54) is 16.8 Å². The maximum atomic E-state index is 12.4. The molecule has 1 amide bonds. The molecule has 0 saturated carbocycles. The van der Waals surface area contributed by atoms with Gasteiger partial charge in [-0.25, -0.2) is 9.66 Å². The number of ether oxygens (including phenoxy) is 1. The van der Waals surface area contributed by atoms with Crippen LogP contribution in [0.25, 0.3) is 22.6 Å². The molecular formula is C21H18F2N6O2S2. The Hall–Kier alpha value is -3.51. The van der Waals surface area contributed by atoms with Gasteiger partial charge in [-0.2, -0.15) is 8.78 Å². The first-order chi connectivity index (χ1) is 15.9. The van der Waals surface area contributed by atoms with Gasteiger partial charge in [0.25, 0.3) is 0 Å². The second kappa shape index (κ2) is 9.96. The molecule has 12 heteroatoms. The number of halogens is 2. The first-order valence-corrected chi connectivity index (χ1v) is 11.5. The molecule has 4 aromatic rings. The normalized spacial score (nSPS) is 11.0. The summed E-state index contributed by atoms with van der Waals surface area (Å²) in [4.78, 5) is 16.9. The Morgan fingerprint density at radius 2 is 2.00 bits per heavy atom. The number of hydrogen-bond acceptors (Lipinski definition) is 8. The minimum absolute atomic E-state index is 0.0251. The van der Waals surface area contributed by atoms with Crippen molar-refractivity contribution in [3.8, 4) is 28.4 Å². The van der Waals surface area contributed by atoms with Gasteiger partial charge >= 0.3 is 6.61 Å². The fraction of sp³-hybridized carbons (Fsp3) is 0.143. The van der Waals surface area contributed by atoms with Crippen LogP contribution < -0.4 is 15.9 Å². The summed E-state index contributed by atoms with van der Waals surface area (Å²) in [5, 5.41) is 14.2. The number of rotatable bonds is 8. The van der Waals surface area contributed by atoms with Crippen molar-refractivity contribution in [1.82, 2.24) is 19.9 Å². The minimum Gasteiger partial charge on any atom is -0.435 e. The van der Waals surface area contributed by atoms with Crippen LogP contribution in [-0.4, -0.2) is 38.1 Å². The zero-order chi connectivity index (χ0) is 23.4. The van der Waals surface area contributed by atoms with Crippen LogP contribution in [0.15, 0.2) is 59.1 Å². The van der Waals surface area contributed by atoms with Crippen LogP contribution in [0.4, 0.5) is 14.5 Å². The van der Waals surface area contributed by atoms with E-state index < -0.39 is 6.61 Å². The first-order valence-electron chi connectivity index (χ1n) is 9.60. The number of aromatic nitrogens is 4. The zero-order valence-corrected chi connectivity index (χ0v) is 18.9. The highest BCUT2D eigenvalue weighted by Crippen LogP contribution is 2.26. The monoisotopic (exact) mass is 488 g/mol. The third-order valence-electron chi connectivity index (χ3n) is 4.40. The lowest BCUT2D eigenvalue weighted by atomic mass is 10.1. The molecular weight excluding hydrogens is 470 g/mol. The van der Waals surface area contributed by atoms with E-state index >= 15 is 0 Å². The number of alkyl halides is 2. The van der Waals surface area contributed by atoms with Crippen molar-refractivity contribution >= 4 is 34.7 Å². The number of nitrogens with zero attached hydrogens (tertiary/aromatic N) is 4. The van der Waals surface area contributed by atoms with E-state index in [9.17, 15) is 13.6 Å². The number of hydrogen-bond donors (Lipinski definition) is 2. The van der Waals surface area contributed by atoms with Crippen molar-refractivity contribution in [2.45, 2.75) is 18.7 Å². The standard InChI is InChI=1S/C21H18F2N6O2S2/c1-12-25-17(10-32-12)14-3-2-4-15(9-14)26-18(30)11-33-21-28-27-19(29(21)24)13-5-7-16(8-6-13)31-20(22)23/h2-10,20H,11,24H2,1H3,(H,26,30). The largest absolute Gasteiger partial charge is 0.435 e. The van der Waals surface area contributed by atoms with Crippen LogP contribution >= 0.6 is 23.1 Å². The quantitative estimate of drug-likeness (QED) is 0.279. The predicted octanol–water partition coefficient (Wildman–Crippen LogP) is 4.42. The highest BCUT2D eigenvalue weighted by atomic mass is 32.2. The number of nitrogen functional groups attached to an aromatic ring is 1. The van der Waals surface area contributed by atoms with E-state index in [1.54, 1.807) is 29.5 Å². The van der Waals surface area contributed by atoms with Gasteiger partial charge in [-0.15, -0.1) is 21.5 Å². The maximum absolute atomic E-state index is 12.4. The Labute approximate surface area is 195 Å². The van der Waals surface area contributed by atoms with Gasteiger partial charge in [0.05, 0.1) is 16.5 Å². The Kier molecular flexibility index (Phi) is 6.84. The molecule has 33 heavy (non-hydrogen) atoms. The summed E-state index contributed by atoms with van der Waals surface area (Å²) in [7, 11) is 0. The molecule has 3 N–H and O–H groups in total. The molecule has 0 bridgehead atoms. The average molecular weight is 489 g/mol. The molecule has 8 nitrogen and oxygen atoms in total. The smallest absolute Gasteiger partial charge is 0.387 e. The number of nitrogens with one attached hydrogen (secondary N) is 1. The number of carbonyl (C=O) groups excluding carboxylic acids is 1. The molecule has 0 radical (unpaired) electrons. The fourth-order valence-corrected chi connectivity index (χ4v) is 4.22. The first kappa shape index (κ1) is 22.7. The number of aryl methyl sites for hydroxylation is 1. The summed E-state index contributed by atoms with van der Waals surface area (Å²) in [5.41, 5.74) is 3.00. The SMILES string of the molecule is Cc1nc(-c2cccc(NC(=O)CSc3nnc(-c4ccc(OC(F)F)cc4)n3N)c2)cs1. The molecule has 2 heterocycles. The molecule has 170 valence electrons. The topological polar surface area (TPSA) is 108 Å². The summed E-state index contributed by atoms with van der Waals surface area (Å²) in [6.07, 6.45) is 0. The van der Waals surface area contributed by atoms with Crippen LogP contribution in [0, 0.1) is 6.92 Å². The Balaban J connectivity index is 1.37. The minimum atomic E-state index is -2.90. The van der Waals surface area contributed by atoms with Gasteiger partial charge in [0.2, 0.25) is 11.1 Å². The van der Waals surface area contributed by atoms with E-state index in [0.29, 0.717) is 22.2 Å². The second-order valence-corrected chi connectivity index (χ2v) is 8.75. The zero-order valence-electron chi connectivity index (χ0n) is 17.2. The van der Waals surface area contributed by atoms with Crippen LogP contribution in [0.5, 0.6) is 5.75 Å². The van der Waals surface area contributed by atoms with Gasteiger partial charge in [0, 0.05) is 22.2 Å². The van der Waals surface area contributed by atoms with Crippen molar-refractivity contribution < 1.29 is 18.3 Å². The van der Waals surface area contributed by atoms with Gasteiger partial charge in [-0.3, -0.25) is 4.79 Å². The molecule has 2 aromatic heterocycles. The molecule has 0 aliphatic heterocycles. The van der Waals surface area contributed by atoms with Gasteiger partial charge < -0.3 is 15.9 Å². The summed E-state index contributed by atoms with van der Waals surface area (Å²) in [5.74, 6) is 6.25. The van der Waals surface area contributed by atoms with Gasteiger partial charge in [-0.1, -0.05) is 23.9 Å². The number of carbonyl (C=O) groups is 1. The lowest BCUT2D eigenvalue weighted by Gasteiger charge is -2.07. The van der Waals surface area contributed by atoms with Gasteiger partial charge in [0.1, 0.15) is 5.75 Å².